The first-order valence-corrected chi connectivity index (χ1v) is 13.9. The predicted octanol–water partition coefficient (Wildman–Crippen LogP) is 4.18. The van der Waals surface area contributed by atoms with Gasteiger partial charge in [-0.1, -0.05) is 6.07 Å². The van der Waals surface area contributed by atoms with Gasteiger partial charge in [-0.05, 0) is 68.4 Å². The molecule has 0 bridgehead atoms. The SMILES string of the molecule is Cc1ccc(C)n1-c1ccc(OCc2ccc(C(=O)N/N=C/c3cccc([N+](=O)[O-])c3OCC(=O)N3CCOCC3)o2)cc1. The number of rotatable bonds is 11. The average molecular weight is 602 g/mol. The Morgan fingerprint density at radius 2 is 1.73 bits per heavy atom. The van der Waals surface area contributed by atoms with E-state index in [9.17, 15) is 19.7 Å². The zero-order chi connectivity index (χ0) is 31.1. The quantitative estimate of drug-likeness (QED) is 0.153. The molecule has 0 unspecified atom stereocenters. The van der Waals surface area contributed by atoms with Gasteiger partial charge >= 0.3 is 11.6 Å². The molecule has 13 nitrogen and oxygen atoms in total. The zero-order valence-corrected chi connectivity index (χ0v) is 24.2. The van der Waals surface area contributed by atoms with Crippen molar-refractivity contribution in [1.82, 2.24) is 14.9 Å². The molecule has 0 atom stereocenters. The fourth-order valence-corrected chi connectivity index (χ4v) is 4.70. The number of amides is 2. The molecule has 13 heteroatoms. The number of morpholine rings is 1. The number of nitrogens with one attached hydrogen (secondary N) is 1. The van der Waals surface area contributed by atoms with Gasteiger partial charge in [0.25, 0.3) is 5.91 Å². The van der Waals surface area contributed by atoms with Crippen molar-refractivity contribution < 1.29 is 33.1 Å². The van der Waals surface area contributed by atoms with E-state index in [0.29, 0.717) is 37.8 Å². The van der Waals surface area contributed by atoms with Crippen molar-refractivity contribution in [2.75, 3.05) is 32.9 Å². The number of furan rings is 1. The van der Waals surface area contributed by atoms with E-state index in [0.717, 1.165) is 17.1 Å². The first-order valence-electron chi connectivity index (χ1n) is 13.9. The average Bonchev–Trinajstić information content (AvgIpc) is 3.65. The number of hydrogen-bond acceptors (Lipinski definition) is 9. The Morgan fingerprint density at radius 1 is 1.00 bits per heavy atom. The predicted molar refractivity (Wildman–Crippen MR) is 159 cm³/mol. The molecule has 3 heterocycles. The molecule has 1 saturated heterocycles. The van der Waals surface area contributed by atoms with Gasteiger partial charge in [-0.2, -0.15) is 5.10 Å². The van der Waals surface area contributed by atoms with Crippen LogP contribution in [0.4, 0.5) is 5.69 Å². The van der Waals surface area contributed by atoms with Crippen molar-refractivity contribution >= 4 is 23.7 Å². The van der Waals surface area contributed by atoms with E-state index in [4.69, 9.17) is 18.6 Å². The number of para-hydroxylation sites is 1. The summed E-state index contributed by atoms with van der Waals surface area (Å²) in [5.41, 5.74) is 5.50. The van der Waals surface area contributed by atoms with Crippen LogP contribution in [0.3, 0.4) is 0 Å². The van der Waals surface area contributed by atoms with Gasteiger partial charge in [0.15, 0.2) is 12.4 Å². The number of nitro benzene ring substituents is 1. The molecular weight excluding hydrogens is 570 g/mol. The molecule has 1 fully saturated rings. The smallest absolute Gasteiger partial charge is 0.311 e. The second-order valence-electron chi connectivity index (χ2n) is 9.93. The molecule has 2 aromatic heterocycles. The van der Waals surface area contributed by atoms with E-state index in [1.54, 1.807) is 11.0 Å². The summed E-state index contributed by atoms with van der Waals surface area (Å²) < 4.78 is 24.4. The van der Waals surface area contributed by atoms with Crippen molar-refractivity contribution in [3.63, 3.8) is 0 Å². The lowest BCUT2D eigenvalue weighted by Crippen LogP contribution is -2.43. The Balaban J connectivity index is 1.17. The summed E-state index contributed by atoms with van der Waals surface area (Å²) in [5, 5.41) is 15.5. The third-order valence-electron chi connectivity index (χ3n) is 6.93. The number of aryl methyl sites for hydroxylation is 2. The highest BCUT2D eigenvalue weighted by Crippen LogP contribution is 2.30. The van der Waals surface area contributed by atoms with Crippen LogP contribution in [-0.4, -0.2) is 65.3 Å². The lowest BCUT2D eigenvalue weighted by Gasteiger charge is -2.26. The van der Waals surface area contributed by atoms with Crippen LogP contribution >= 0.6 is 0 Å². The number of nitro groups is 1. The van der Waals surface area contributed by atoms with Crippen molar-refractivity contribution in [2.45, 2.75) is 20.5 Å². The van der Waals surface area contributed by atoms with Crippen LogP contribution in [-0.2, 0) is 16.1 Å². The molecule has 1 N–H and O–H groups in total. The highest BCUT2D eigenvalue weighted by Gasteiger charge is 2.22. The number of hydrogen-bond donors (Lipinski definition) is 1. The Kier molecular flexibility index (Phi) is 9.35. The Bertz CT molecular complexity index is 1650. The minimum absolute atomic E-state index is 0.00118. The van der Waals surface area contributed by atoms with Crippen LogP contribution in [0.1, 0.15) is 33.3 Å². The monoisotopic (exact) mass is 601 g/mol. The lowest BCUT2D eigenvalue weighted by atomic mass is 10.2. The summed E-state index contributed by atoms with van der Waals surface area (Å²) in [6.07, 6.45) is 1.20. The maximum atomic E-state index is 12.6. The Hall–Kier alpha value is -5.43. The number of carbonyl (C=O) groups is 2. The maximum Gasteiger partial charge on any atom is 0.311 e. The normalized spacial score (nSPS) is 13.2. The van der Waals surface area contributed by atoms with Crippen LogP contribution in [0.2, 0.25) is 0 Å². The molecule has 0 radical (unpaired) electrons. The second-order valence-corrected chi connectivity index (χ2v) is 9.93. The number of nitrogens with zero attached hydrogens (tertiary/aromatic N) is 4. The summed E-state index contributed by atoms with van der Waals surface area (Å²) >= 11 is 0. The Labute approximate surface area is 252 Å². The van der Waals surface area contributed by atoms with Gasteiger partial charge in [0.05, 0.1) is 24.4 Å². The summed E-state index contributed by atoms with van der Waals surface area (Å²) in [7, 11) is 0. The van der Waals surface area contributed by atoms with E-state index in [1.165, 1.54) is 30.5 Å². The van der Waals surface area contributed by atoms with Crippen molar-refractivity contribution in [1.29, 1.82) is 0 Å². The van der Waals surface area contributed by atoms with Gasteiger partial charge in [-0.15, -0.1) is 0 Å². The largest absolute Gasteiger partial charge is 0.486 e. The fraction of sp³-hybridized carbons (Fsp3) is 0.258. The van der Waals surface area contributed by atoms with Crippen molar-refractivity contribution in [3.8, 4) is 17.2 Å². The van der Waals surface area contributed by atoms with Crippen LogP contribution < -0.4 is 14.9 Å². The number of aromatic nitrogens is 1. The van der Waals surface area contributed by atoms with E-state index in [2.05, 4.69) is 27.2 Å². The summed E-state index contributed by atoms with van der Waals surface area (Å²) in [6, 6.07) is 19.1. The molecule has 1 aliphatic rings. The van der Waals surface area contributed by atoms with E-state index >= 15 is 0 Å². The number of ether oxygens (including phenoxy) is 3. The van der Waals surface area contributed by atoms with Crippen molar-refractivity contribution in [3.05, 3.63) is 105 Å². The molecule has 0 saturated carbocycles. The second kappa shape index (κ2) is 13.7. The fourth-order valence-electron chi connectivity index (χ4n) is 4.70. The van der Waals surface area contributed by atoms with Gasteiger partial charge in [0.1, 0.15) is 18.1 Å². The van der Waals surface area contributed by atoms with Gasteiger partial charge in [-0.3, -0.25) is 19.7 Å². The van der Waals surface area contributed by atoms with Crippen LogP contribution in [0.15, 0.2) is 76.2 Å². The van der Waals surface area contributed by atoms with Crippen LogP contribution in [0, 0.1) is 24.0 Å². The summed E-state index contributed by atoms with van der Waals surface area (Å²) in [6.45, 7) is 5.47. The topological polar surface area (TPSA) is 151 Å². The number of hydrazone groups is 1. The molecule has 228 valence electrons. The molecule has 0 aliphatic carbocycles. The summed E-state index contributed by atoms with van der Waals surface area (Å²) in [5.74, 6) is -0.0176. The van der Waals surface area contributed by atoms with Gasteiger partial charge in [0, 0.05) is 41.8 Å². The zero-order valence-electron chi connectivity index (χ0n) is 24.2. The minimum Gasteiger partial charge on any atom is -0.486 e. The third kappa shape index (κ3) is 7.13. The first kappa shape index (κ1) is 30.0. The number of benzene rings is 2. The Morgan fingerprint density at radius 3 is 2.43 bits per heavy atom. The van der Waals surface area contributed by atoms with E-state index in [-0.39, 0.29) is 35.3 Å². The van der Waals surface area contributed by atoms with E-state index in [1.807, 2.05) is 38.1 Å². The van der Waals surface area contributed by atoms with E-state index < -0.39 is 17.4 Å². The number of carbonyl (C=O) groups excluding carboxylic acids is 2. The molecule has 2 aromatic carbocycles. The molecule has 2 amide bonds. The molecule has 0 spiro atoms. The summed E-state index contributed by atoms with van der Waals surface area (Å²) in [4.78, 5) is 37.7. The lowest BCUT2D eigenvalue weighted by molar-refractivity contribution is -0.385. The molecule has 5 rings (SSSR count). The molecule has 4 aromatic rings. The molecule has 1 aliphatic heterocycles. The van der Waals surface area contributed by atoms with Crippen LogP contribution in [0.5, 0.6) is 11.5 Å². The molecular formula is C31H31N5O8. The van der Waals surface area contributed by atoms with Crippen LogP contribution in [0.25, 0.3) is 5.69 Å². The first-order chi connectivity index (χ1) is 21.3. The third-order valence-corrected chi connectivity index (χ3v) is 6.93. The highest BCUT2D eigenvalue weighted by atomic mass is 16.6. The van der Waals surface area contributed by atoms with Crippen molar-refractivity contribution in [2.24, 2.45) is 5.10 Å². The molecule has 44 heavy (non-hydrogen) atoms. The minimum atomic E-state index is -0.635. The highest BCUT2D eigenvalue weighted by molar-refractivity contribution is 5.93. The van der Waals surface area contributed by atoms with Gasteiger partial charge < -0.3 is 28.1 Å². The maximum absolute atomic E-state index is 12.6. The van der Waals surface area contributed by atoms with Gasteiger partial charge in [0.2, 0.25) is 5.75 Å². The van der Waals surface area contributed by atoms with Gasteiger partial charge in [-0.25, -0.2) is 5.43 Å². The standard InChI is InChI=1S/C31H31N5O8/c1-21-6-7-22(2)35(21)24-8-10-25(11-9-24)42-19-26-12-13-28(44-26)31(38)33-32-18-23-4-3-5-27(36(39)40)30(23)43-20-29(37)34-14-16-41-17-15-34/h3-13,18H,14-17,19-20H2,1-2H3,(H,33,38)/b32-18+.